The second kappa shape index (κ2) is 7.10. The monoisotopic (exact) mass is 360 g/mol. The highest BCUT2D eigenvalue weighted by Crippen LogP contribution is 2.25. The van der Waals surface area contributed by atoms with Crippen LogP contribution in [0.15, 0.2) is 47.6 Å². The van der Waals surface area contributed by atoms with Crippen molar-refractivity contribution in [1.29, 1.82) is 0 Å². The van der Waals surface area contributed by atoms with Crippen molar-refractivity contribution >= 4 is 17.5 Å². The first-order valence-corrected chi connectivity index (χ1v) is 8.35. The molecule has 0 N–H and O–H groups in total. The molecule has 25 heavy (non-hydrogen) atoms. The fraction of sp³-hybridized carbons (Fsp3) is 0.176. The van der Waals surface area contributed by atoms with Gasteiger partial charge in [0.25, 0.3) is 0 Å². The minimum atomic E-state index is -1.05. The summed E-state index contributed by atoms with van der Waals surface area (Å²) < 4.78 is 27.9. The number of hydrogen-bond donors (Lipinski definition) is 0. The molecule has 0 saturated carbocycles. The van der Waals surface area contributed by atoms with Gasteiger partial charge in [0.1, 0.15) is 0 Å². The summed E-state index contributed by atoms with van der Waals surface area (Å²) in [7, 11) is 0. The molecule has 0 aliphatic rings. The summed E-state index contributed by atoms with van der Waals surface area (Å²) in [4.78, 5) is 12.4. The number of aryl methyl sites for hydroxylation is 1. The Balaban J connectivity index is 1.80. The lowest BCUT2D eigenvalue weighted by atomic mass is 10.1. The molecular weight excluding hydrogens is 346 g/mol. The van der Waals surface area contributed by atoms with Crippen LogP contribution in [0.4, 0.5) is 8.78 Å². The van der Waals surface area contributed by atoms with Crippen molar-refractivity contribution in [3.63, 3.8) is 0 Å². The Morgan fingerprint density at radius 2 is 1.84 bits per heavy atom. The van der Waals surface area contributed by atoms with Crippen LogP contribution in [-0.4, -0.2) is 31.2 Å². The Morgan fingerprint density at radius 3 is 2.52 bits per heavy atom. The second-order valence-electron chi connectivity index (χ2n) is 5.46. The molecule has 0 aliphatic carbocycles. The van der Waals surface area contributed by atoms with Crippen molar-refractivity contribution in [3.8, 4) is 5.69 Å². The molecule has 5 nitrogen and oxygen atoms in total. The van der Waals surface area contributed by atoms with E-state index in [0.29, 0.717) is 5.16 Å². The minimum Gasteiger partial charge on any atom is -0.293 e. The zero-order chi connectivity index (χ0) is 18.0. The van der Waals surface area contributed by atoms with Crippen molar-refractivity contribution < 1.29 is 13.6 Å². The van der Waals surface area contributed by atoms with Gasteiger partial charge < -0.3 is 0 Å². The number of carbonyl (C=O) groups excluding carboxylic acids is 1. The Morgan fingerprint density at radius 1 is 1.12 bits per heavy atom. The third-order valence-electron chi connectivity index (χ3n) is 3.57. The average molecular weight is 360 g/mol. The number of ketones is 1. The van der Waals surface area contributed by atoms with Crippen LogP contribution in [0.5, 0.6) is 0 Å². The van der Waals surface area contributed by atoms with E-state index in [9.17, 15) is 13.6 Å². The maximum atomic E-state index is 13.3. The summed E-state index contributed by atoms with van der Waals surface area (Å²) in [5.74, 6) is -2.37. The largest absolute Gasteiger partial charge is 0.293 e. The Bertz CT molecular complexity index is 911. The molecule has 1 aromatic heterocycles. The Labute approximate surface area is 147 Å². The molecule has 0 fully saturated rings. The van der Waals surface area contributed by atoms with Gasteiger partial charge in [0.05, 0.1) is 10.9 Å². The van der Waals surface area contributed by atoms with Gasteiger partial charge in [-0.25, -0.2) is 8.78 Å². The summed E-state index contributed by atoms with van der Waals surface area (Å²) in [5, 5.41) is 11.4. The summed E-state index contributed by atoms with van der Waals surface area (Å²) in [5.41, 5.74) is 1.98. The normalized spacial score (nSPS) is 12.2. The number of aromatic nitrogens is 4. The van der Waals surface area contributed by atoms with Crippen molar-refractivity contribution in [2.75, 3.05) is 0 Å². The first-order valence-electron chi connectivity index (χ1n) is 7.47. The van der Waals surface area contributed by atoms with Crippen molar-refractivity contribution in [2.45, 2.75) is 24.3 Å². The minimum absolute atomic E-state index is 0.105. The number of nitrogens with zero attached hydrogens (tertiary/aromatic N) is 4. The molecule has 0 radical (unpaired) electrons. The van der Waals surface area contributed by atoms with E-state index in [-0.39, 0.29) is 11.3 Å². The van der Waals surface area contributed by atoms with Crippen molar-refractivity contribution in [1.82, 2.24) is 20.2 Å². The maximum absolute atomic E-state index is 13.3. The number of carbonyl (C=O) groups is 1. The molecule has 128 valence electrons. The van der Waals surface area contributed by atoms with Crippen LogP contribution >= 0.6 is 11.8 Å². The molecule has 3 rings (SSSR count). The summed E-state index contributed by atoms with van der Waals surface area (Å²) >= 11 is 1.15. The highest BCUT2D eigenvalue weighted by molar-refractivity contribution is 8.00. The Kier molecular flexibility index (Phi) is 4.89. The lowest BCUT2D eigenvalue weighted by Crippen LogP contribution is -2.15. The average Bonchev–Trinajstić information content (AvgIpc) is 3.05. The van der Waals surface area contributed by atoms with E-state index < -0.39 is 16.9 Å². The van der Waals surface area contributed by atoms with Gasteiger partial charge in [-0.05, 0) is 54.6 Å². The quantitative estimate of drug-likeness (QED) is 0.514. The number of Topliss-reactive ketones (excluding diaryl/α,β-unsaturated/α-hetero) is 1. The van der Waals surface area contributed by atoms with Gasteiger partial charge >= 0.3 is 0 Å². The summed E-state index contributed by atoms with van der Waals surface area (Å²) in [6, 6.07) is 10.7. The fourth-order valence-corrected chi connectivity index (χ4v) is 3.08. The first kappa shape index (κ1) is 17.2. The molecule has 3 aromatic rings. The van der Waals surface area contributed by atoms with Gasteiger partial charge in [0.2, 0.25) is 5.16 Å². The highest BCUT2D eigenvalue weighted by Gasteiger charge is 2.21. The van der Waals surface area contributed by atoms with Crippen LogP contribution in [0.1, 0.15) is 22.8 Å². The molecule has 0 bridgehead atoms. The SMILES string of the molecule is Cc1ccc(-n2nnnc2S[C@@H](C)C(=O)c2ccc(F)c(F)c2)cc1. The van der Waals surface area contributed by atoms with Gasteiger partial charge in [-0.3, -0.25) is 4.79 Å². The van der Waals surface area contributed by atoms with E-state index >= 15 is 0 Å². The molecule has 1 heterocycles. The zero-order valence-electron chi connectivity index (χ0n) is 13.5. The number of benzene rings is 2. The van der Waals surface area contributed by atoms with E-state index in [1.807, 2.05) is 31.2 Å². The zero-order valence-corrected chi connectivity index (χ0v) is 14.3. The van der Waals surface area contributed by atoms with Gasteiger partial charge in [-0.2, -0.15) is 4.68 Å². The molecule has 0 amide bonds. The summed E-state index contributed by atoms with van der Waals surface area (Å²) in [6.45, 7) is 3.64. The number of thioether (sulfide) groups is 1. The molecule has 0 unspecified atom stereocenters. The van der Waals surface area contributed by atoms with Crippen LogP contribution < -0.4 is 0 Å². The van der Waals surface area contributed by atoms with E-state index in [4.69, 9.17) is 0 Å². The van der Waals surface area contributed by atoms with Crippen LogP contribution in [0.25, 0.3) is 5.69 Å². The number of hydrogen-bond acceptors (Lipinski definition) is 5. The number of tetrazole rings is 1. The van der Waals surface area contributed by atoms with Crippen LogP contribution in [0, 0.1) is 18.6 Å². The first-order chi connectivity index (χ1) is 12.0. The predicted molar refractivity (Wildman–Crippen MR) is 89.9 cm³/mol. The third kappa shape index (κ3) is 3.74. The van der Waals surface area contributed by atoms with Gasteiger partial charge in [0, 0.05) is 5.56 Å². The van der Waals surface area contributed by atoms with Crippen molar-refractivity contribution in [2.24, 2.45) is 0 Å². The standard InChI is InChI=1S/C17H14F2N4OS/c1-10-3-6-13(7-4-10)23-17(20-21-22-23)25-11(2)16(24)12-5-8-14(18)15(19)9-12/h3-9,11H,1-2H3/t11-/m0/s1. The van der Waals surface area contributed by atoms with Crippen LogP contribution in [0.3, 0.4) is 0 Å². The number of halogens is 2. The van der Waals surface area contributed by atoms with E-state index in [1.165, 1.54) is 10.7 Å². The predicted octanol–water partition coefficient (Wildman–Crippen LogP) is 3.61. The lowest BCUT2D eigenvalue weighted by Gasteiger charge is -2.10. The van der Waals surface area contributed by atoms with Gasteiger partial charge in [0.15, 0.2) is 17.4 Å². The van der Waals surface area contributed by atoms with E-state index in [2.05, 4.69) is 15.5 Å². The summed E-state index contributed by atoms with van der Waals surface area (Å²) in [6.07, 6.45) is 0. The highest BCUT2D eigenvalue weighted by atomic mass is 32.2. The molecule has 2 aromatic carbocycles. The number of rotatable bonds is 5. The molecule has 0 aliphatic heterocycles. The van der Waals surface area contributed by atoms with Crippen LogP contribution in [-0.2, 0) is 0 Å². The van der Waals surface area contributed by atoms with E-state index in [0.717, 1.165) is 35.1 Å². The lowest BCUT2D eigenvalue weighted by molar-refractivity contribution is 0.0993. The molecular formula is C17H14F2N4OS. The van der Waals surface area contributed by atoms with Crippen molar-refractivity contribution in [3.05, 3.63) is 65.2 Å². The van der Waals surface area contributed by atoms with Crippen LogP contribution in [0.2, 0.25) is 0 Å². The molecule has 1 atom stereocenters. The van der Waals surface area contributed by atoms with E-state index in [1.54, 1.807) is 6.92 Å². The molecule has 8 heteroatoms. The fourth-order valence-electron chi connectivity index (χ4n) is 2.20. The Hall–Kier alpha value is -2.61. The van der Waals surface area contributed by atoms with Gasteiger partial charge in [-0.1, -0.05) is 29.5 Å². The smallest absolute Gasteiger partial charge is 0.214 e. The maximum Gasteiger partial charge on any atom is 0.214 e. The second-order valence-corrected chi connectivity index (χ2v) is 6.77. The topological polar surface area (TPSA) is 60.7 Å². The molecule has 0 spiro atoms. The third-order valence-corrected chi connectivity index (χ3v) is 4.61. The molecule has 0 saturated heterocycles. The van der Waals surface area contributed by atoms with Gasteiger partial charge in [-0.15, -0.1) is 5.10 Å².